The average molecular weight is 791 g/mol. The number of imidazole rings is 1. The van der Waals surface area contributed by atoms with Gasteiger partial charge in [0.2, 0.25) is 11.8 Å². The maximum atomic E-state index is 13.5. The number of alkyl halides is 3. The first kappa shape index (κ1) is 37.9. The summed E-state index contributed by atoms with van der Waals surface area (Å²) in [6.45, 7) is 5.02. The quantitative estimate of drug-likeness (QED) is 0.171. The number of piperidine rings is 2. The largest absolute Gasteiger partial charge is 0.433 e. The highest BCUT2D eigenvalue weighted by Gasteiger charge is 2.35. The zero-order chi connectivity index (χ0) is 39.5. The van der Waals surface area contributed by atoms with E-state index in [1.165, 1.54) is 11.6 Å². The van der Waals surface area contributed by atoms with E-state index in [0.717, 1.165) is 92.3 Å². The van der Waals surface area contributed by atoms with Gasteiger partial charge in [0, 0.05) is 31.6 Å². The van der Waals surface area contributed by atoms with Crippen LogP contribution in [-0.4, -0.2) is 66.2 Å². The Kier molecular flexibility index (Phi) is 10.0. The van der Waals surface area contributed by atoms with Crippen LogP contribution in [0.5, 0.6) is 0 Å². The van der Waals surface area contributed by atoms with Crippen molar-refractivity contribution in [2.24, 2.45) is 13.0 Å². The summed E-state index contributed by atoms with van der Waals surface area (Å²) >= 11 is 6.47. The first-order valence-corrected chi connectivity index (χ1v) is 19.4. The molecule has 2 N–H and O–H groups in total. The average Bonchev–Trinajstić information content (AvgIpc) is 3.69. The van der Waals surface area contributed by atoms with Gasteiger partial charge in [-0.05, 0) is 118 Å². The molecule has 56 heavy (non-hydrogen) atoms. The molecule has 2 aliphatic heterocycles. The van der Waals surface area contributed by atoms with Gasteiger partial charge in [0.25, 0.3) is 5.91 Å². The molecule has 1 aliphatic carbocycles. The minimum atomic E-state index is -4.67. The van der Waals surface area contributed by atoms with Gasteiger partial charge in [-0.25, -0.2) is 9.78 Å². The van der Waals surface area contributed by atoms with Crippen LogP contribution in [0.2, 0.25) is 5.02 Å². The molecule has 3 amide bonds. The number of halogens is 4. The fourth-order valence-corrected chi connectivity index (χ4v) is 9.17. The summed E-state index contributed by atoms with van der Waals surface area (Å²) in [6.07, 6.45) is 3.74. The highest BCUT2D eigenvalue weighted by molar-refractivity contribution is 6.34. The highest BCUT2D eigenvalue weighted by atomic mass is 35.5. The number of carbonyl (C=O) groups is 3. The first-order chi connectivity index (χ1) is 26.7. The van der Waals surface area contributed by atoms with Crippen LogP contribution in [-0.2, 0) is 22.8 Å². The maximum Gasteiger partial charge on any atom is 0.433 e. The van der Waals surface area contributed by atoms with Crippen LogP contribution in [0, 0.1) is 12.8 Å². The Bertz CT molecular complexity index is 2420. The molecule has 0 radical (unpaired) electrons. The van der Waals surface area contributed by atoms with E-state index < -0.39 is 29.7 Å². The summed E-state index contributed by atoms with van der Waals surface area (Å²) in [6, 6.07) is 9.95. The zero-order valence-corrected chi connectivity index (χ0v) is 31.8. The number of carbonyl (C=O) groups excluding carboxylic acids is 3. The number of rotatable bonds is 7. The molecular weight excluding hydrogens is 749 g/mol. The summed E-state index contributed by atoms with van der Waals surface area (Å²) in [5.41, 5.74) is 3.07. The molecule has 3 aliphatic rings. The summed E-state index contributed by atoms with van der Waals surface area (Å²) in [4.78, 5) is 56.9. The fourth-order valence-electron chi connectivity index (χ4n) is 8.96. The van der Waals surface area contributed by atoms with Crippen molar-refractivity contribution in [1.29, 1.82) is 0 Å². The molecule has 5 aromatic rings. The number of aryl methyl sites for hydroxylation is 2. The van der Waals surface area contributed by atoms with Crippen molar-refractivity contribution in [1.82, 2.24) is 34.1 Å². The van der Waals surface area contributed by atoms with Crippen molar-refractivity contribution >= 4 is 56.9 Å². The van der Waals surface area contributed by atoms with Gasteiger partial charge in [-0.1, -0.05) is 23.7 Å². The van der Waals surface area contributed by atoms with Crippen LogP contribution in [0.4, 0.5) is 18.9 Å². The minimum absolute atomic E-state index is 0.203. The van der Waals surface area contributed by atoms with E-state index >= 15 is 0 Å². The van der Waals surface area contributed by atoms with Crippen LogP contribution < -0.4 is 16.3 Å². The molecular formula is C40H42ClF3N8O4. The Morgan fingerprint density at radius 3 is 2.46 bits per heavy atom. The molecule has 294 valence electrons. The predicted octanol–water partition coefficient (Wildman–Crippen LogP) is 6.91. The number of benzene rings is 2. The Morgan fingerprint density at radius 2 is 1.75 bits per heavy atom. The number of likely N-dealkylation sites (tertiary alicyclic amines) is 1. The molecule has 5 heterocycles. The smallest absolute Gasteiger partial charge is 0.319 e. The van der Waals surface area contributed by atoms with Crippen LogP contribution in [0.15, 0.2) is 53.5 Å². The monoisotopic (exact) mass is 790 g/mol. The first-order valence-electron chi connectivity index (χ1n) is 19.1. The second kappa shape index (κ2) is 14.8. The third-order valence-corrected chi connectivity index (χ3v) is 12.2. The number of imide groups is 1. The summed E-state index contributed by atoms with van der Waals surface area (Å²) in [5.74, 6) is -0.701. The number of anilines is 1. The molecule has 0 bridgehead atoms. The number of hydrogen-bond acceptors (Lipinski definition) is 7. The molecule has 3 fully saturated rings. The Balaban J connectivity index is 0.880. The molecule has 16 heteroatoms. The van der Waals surface area contributed by atoms with Gasteiger partial charge in [0.05, 0.1) is 33.3 Å². The van der Waals surface area contributed by atoms with Gasteiger partial charge in [0.1, 0.15) is 17.4 Å². The number of nitrogens with zero attached hydrogens (tertiary/aromatic N) is 6. The predicted molar refractivity (Wildman–Crippen MR) is 205 cm³/mol. The topological polar surface area (TPSA) is 136 Å². The van der Waals surface area contributed by atoms with Gasteiger partial charge in [-0.15, -0.1) is 0 Å². The lowest BCUT2D eigenvalue weighted by Crippen LogP contribution is -2.44. The van der Waals surface area contributed by atoms with Crippen LogP contribution >= 0.6 is 11.6 Å². The van der Waals surface area contributed by atoms with Gasteiger partial charge >= 0.3 is 11.9 Å². The van der Waals surface area contributed by atoms with Gasteiger partial charge < -0.3 is 10.2 Å². The van der Waals surface area contributed by atoms with Gasteiger partial charge in [0.15, 0.2) is 0 Å². The highest BCUT2D eigenvalue weighted by Crippen LogP contribution is 2.39. The van der Waals surface area contributed by atoms with Crippen LogP contribution in [0.1, 0.15) is 96.7 Å². The van der Waals surface area contributed by atoms with E-state index in [0.29, 0.717) is 17.9 Å². The van der Waals surface area contributed by atoms with E-state index in [1.807, 2.05) is 23.0 Å². The SMILES string of the molecule is Cc1ccc2c(c1C1CCN(C[C@H]3CC[C@H](n4cc5cc(NC(=O)c6cccc(C(F)(F)F)n6)c(Cl)cc5n4)CC3)CC1)n(C)c(=O)n2C1CCC(=O)NC1=O. The standard InChI is InChI=1S/C40H42ClF3N8O4/c1-22-6-11-31-36(49(2)39(56)52(31)32-12-13-34(53)47-38(32)55)35(22)24-14-16-50(17-15-24)20-23-7-9-26(10-8-23)51-21-25-18-30(27(41)19-29(25)48-51)46-37(54)28-4-3-5-33(45-28)40(42,43)44/h3-6,11,18-19,21,23-24,26,32H,7-10,12-17,20H2,1-2H3,(H,46,54)(H,47,53,55)/t23-,26-,32?. The number of amides is 3. The molecule has 12 nitrogen and oxygen atoms in total. The van der Waals surface area contributed by atoms with Crippen LogP contribution in [0.25, 0.3) is 21.9 Å². The van der Waals surface area contributed by atoms with Gasteiger partial charge in [-0.2, -0.15) is 18.3 Å². The van der Waals surface area contributed by atoms with E-state index in [4.69, 9.17) is 16.7 Å². The maximum absolute atomic E-state index is 13.5. The normalized spacial score (nSPS) is 21.5. The van der Waals surface area contributed by atoms with Gasteiger partial charge in [-0.3, -0.25) is 33.5 Å². The number of nitrogens with one attached hydrogen (secondary N) is 2. The second-order valence-electron chi connectivity index (χ2n) is 15.5. The summed E-state index contributed by atoms with van der Waals surface area (Å²) in [5, 5.41) is 10.7. The molecule has 1 unspecified atom stereocenters. The number of aromatic nitrogens is 5. The lowest BCUT2D eigenvalue weighted by Gasteiger charge is -2.37. The summed E-state index contributed by atoms with van der Waals surface area (Å²) in [7, 11) is 1.77. The van der Waals surface area contributed by atoms with Crippen molar-refractivity contribution in [2.75, 3.05) is 25.0 Å². The molecule has 0 spiro atoms. The molecule has 2 saturated heterocycles. The summed E-state index contributed by atoms with van der Waals surface area (Å²) < 4.78 is 44.6. The molecule has 3 aromatic heterocycles. The Labute approximate surface area is 325 Å². The van der Waals surface area contributed by atoms with Crippen molar-refractivity contribution in [3.8, 4) is 0 Å². The number of pyridine rings is 1. The zero-order valence-electron chi connectivity index (χ0n) is 31.0. The van der Waals surface area contributed by atoms with E-state index in [-0.39, 0.29) is 46.4 Å². The molecule has 1 atom stereocenters. The third kappa shape index (κ3) is 7.22. The van der Waals surface area contributed by atoms with E-state index in [9.17, 15) is 32.3 Å². The van der Waals surface area contributed by atoms with Crippen molar-refractivity contribution < 1.29 is 27.6 Å². The lowest BCUT2D eigenvalue weighted by atomic mass is 9.83. The lowest BCUT2D eigenvalue weighted by molar-refractivity contribution is -0.141. The Morgan fingerprint density at radius 1 is 1.00 bits per heavy atom. The number of hydrogen-bond donors (Lipinski definition) is 2. The van der Waals surface area contributed by atoms with Crippen LogP contribution in [0.3, 0.4) is 0 Å². The molecule has 2 aromatic carbocycles. The van der Waals surface area contributed by atoms with E-state index in [1.54, 1.807) is 28.3 Å². The fraction of sp³-hybridized carbons (Fsp3) is 0.450. The molecule has 8 rings (SSSR count). The van der Waals surface area contributed by atoms with E-state index in [2.05, 4.69) is 27.4 Å². The Hall–Kier alpha value is -5.02. The second-order valence-corrected chi connectivity index (χ2v) is 15.9. The minimum Gasteiger partial charge on any atom is -0.319 e. The number of fused-ring (bicyclic) bond motifs is 2. The van der Waals surface area contributed by atoms with Crippen molar-refractivity contribution in [3.63, 3.8) is 0 Å². The van der Waals surface area contributed by atoms with Crippen molar-refractivity contribution in [2.45, 2.75) is 82.5 Å². The molecule has 1 saturated carbocycles. The third-order valence-electron chi connectivity index (χ3n) is 11.9. The van der Waals surface area contributed by atoms with Crippen molar-refractivity contribution in [3.05, 3.63) is 86.7 Å².